The Labute approximate surface area is 120 Å². The molecule has 1 N–H and O–H groups in total. The molecule has 1 aromatic heterocycles. The highest BCUT2D eigenvalue weighted by molar-refractivity contribution is 5.76. The minimum atomic E-state index is -0.825. The number of imidazole rings is 1. The van der Waals surface area contributed by atoms with E-state index in [0.29, 0.717) is 11.9 Å². The first-order chi connectivity index (χ1) is 9.49. The van der Waals surface area contributed by atoms with Crippen LogP contribution in [0.15, 0.2) is 12.4 Å². The van der Waals surface area contributed by atoms with Crippen LogP contribution in [0.3, 0.4) is 0 Å². The van der Waals surface area contributed by atoms with Crippen LogP contribution in [-0.2, 0) is 11.8 Å². The third-order valence-electron chi connectivity index (χ3n) is 4.07. The number of aromatic nitrogens is 2. The quantitative estimate of drug-likeness (QED) is 0.867. The summed E-state index contributed by atoms with van der Waals surface area (Å²) in [5.74, 6) is 0.555. The summed E-state index contributed by atoms with van der Waals surface area (Å²) in [7, 11) is 5.97. The predicted octanol–water partition coefficient (Wildman–Crippen LogP) is 0.396. The van der Waals surface area contributed by atoms with Gasteiger partial charge in [0.05, 0.1) is 6.42 Å². The van der Waals surface area contributed by atoms with Crippen LogP contribution in [0.2, 0.25) is 0 Å². The summed E-state index contributed by atoms with van der Waals surface area (Å²) in [4.78, 5) is 20.4. The number of hydrogen-bond acceptors (Lipinski definition) is 4. The Morgan fingerprint density at radius 1 is 1.50 bits per heavy atom. The second-order valence-corrected chi connectivity index (χ2v) is 5.69. The molecule has 20 heavy (non-hydrogen) atoms. The van der Waals surface area contributed by atoms with E-state index in [2.05, 4.69) is 24.0 Å². The molecule has 0 aromatic carbocycles. The number of rotatable bonds is 4. The highest BCUT2D eigenvalue weighted by Gasteiger charge is 2.26. The molecule has 1 aromatic rings. The molecule has 1 aliphatic heterocycles. The van der Waals surface area contributed by atoms with Crippen molar-refractivity contribution in [2.45, 2.75) is 31.4 Å². The minimum Gasteiger partial charge on any atom is -0.385 e. The van der Waals surface area contributed by atoms with Gasteiger partial charge in [0.15, 0.2) is 0 Å². The maximum Gasteiger partial charge on any atom is 0.225 e. The van der Waals surface area contributed by atoms with Crippen LogP contribution in [0.4, 0.5) is 0 Å². The van der Waals surface area contributed by atoms with E-state index in [0.717, 1.165) is 25.9 Å². The zero-order valence-electron chi connectivity index (χ0n) is 12.5. The van der Waals surface area contributed by atoms with Crippen molar-refractivity contribution in [3.05, 3.63) is 18.2 Å². The summed E-state index contributed by atoms with van der Waals surface area (Å²) in [5.41, 5.74) is 0. The summed E-state index contributed by atoms with van der Waals surface area (Å²) in [6.07, 6.45) is 4.68. The van der Waals surface area contributed by atoms with Crippen LogP contribution in [0, 0.1) is 0 Å². The van der Waals surface area contributed by atoms with Gasteiger partial charge < -0.3 is 19.5 Å². The van der Waals surface area contributed by atoms with Gasteiger partial charge in [-0.05, 0) is 26.9 Å². The van der Waals surface area contributed by atoms with Gasteiger partial charge in [0.2, 0.25) is 5.91 Å². The van der Waals surface area contributed by atoms with Crippen LogP contribution in [0.1, 0.15) is 31.2 Å². The lowest BCUT2D eigenvalue weighted by molar-refractivity contribution is -0.135. The summed E-state index contributed by atoms with van der Waals surface area (Å²) >= 11 is 0. The van der Waals surface area contributed by atoms with Gasteiger partial charge in [-0.25, -0.2) is 4.98 Å². The molecule has 0 saturated carbocycles. The Bertz CT molecular complexity index is 450. The van der Waals surface area contributed by atoms with Crippen molar-refractivity contribution in [2.24, 2.45) is 7.05 Å². The van der Waals surface area contributed by atoms with Crippen LogP contribution in [0.5, 0.6) is 0 Å². The van der Waals surface area contributed by atoms with Crippen molar-refractivity contribution in [1.29, 1.82) is 0 Å². The number of nitrogens with zero attached hydrogens (tertiary/aromatic N) is 4. The average molecular weight is 280 g/mol. The van der Waals surface area contributed by atoms with E-state index in [1.165, 1.54) is 0 Å². The monoisotopic (exact) mass is 280 g/mol. The lowest BCUT2D eigenvalue weighted by Gasteiger charge is -2.35. The molecular formula is C14H24N4O2. The van der Waals surface area contributed by atoms with Crippen molar-refractivity contribution >= 4 is 5.91 Å². The van der Waals surface area contributed by atoms with Gasteiger partial charge >= 0.3 is 0 Å². The number of carbonyl (C=O) groups is 1. The molecule has 0 aliphatic carbocycles. The zero-order valence-corrected chi connectivity index (χ0v) is 12.5. The first kappa shape index (κ1) is 15.0. The lowest BCUT2D eigenvalue weighted by atomic mass is 10.0. The fourth-order valence-corrected chi connectivity index (χ4v) is 2.72. The highest BCUT2D eigenvalue weighted by Crippen LogP contribution is 2.19. The second kappa shape index (κ2) is 6.37. The van der Waals surface area contributed by atoms with Crippen molar-refractivity contribution in [2.75, 3.05) is 27.2 Å². The van der Waals surface area contributed by atoms with E-state index in [-0.39, 0.29) is 12.3 Å². The van der Waals surface area contributed by atoms with Crippen LogP contribution < -0.4 is 0 Å². The number of amides is 1. The highest BCUT2D eigenvalue weighted by atomic mass is 16.3. The molecule has 1 atom stereocenters. The standard InChI is InChI=1S/C14H24N4O2/c1-16(2)11-4-7-18(8-5-11)13(20)10-12(19)14-15-6-9-17(14)3/h6,9,11-12,19H,4-5,7-8,10H2,1-3H3/t12-/m0/s1. The van der Waals surface area contributed by atoms with E-state index in [1.54, 1.807) is 17.0 Å². The number of piperidine rings is 1. The van der Waals surface area contributed by atoms with Crippen molar-refractivity contribution in [1.82, 2.24) is 19.4 Å². The molecule has 6 heteroatoms. The lowest BCUT2D eigenvalue weighted by Crippen LogP contribution is -2.44. The molecule has 1 fully saturated rings. The van der Waals surface area contributed by atoms with Gasteiger partial charge in [-0.1, -0.05) is 0 Å². The Kier molecular flexibility index (Phi) is 4.77. The SMILES string of the molecule is CN(C)C1CCN(C(=O)C[C@H](O)c2nccn2C)CC1. The number of aliphatic hydroxyl groups excluding tert-OH is 1. The molecule has 1 saturated heterocycles. The molecule has 0 spiro atoms. The number of hydrogen-bond donors (Lipinski definition) is 1. The third-order valence-corrected chi connectivity index (χ3v) is 4.07. The van der Waals surface area contributed by atoms with Crippen molar-refractivity contribution in [3.63, 3.8) is 0 Å². The first-order valence-corrected chi connectivity index (χ1v) is 7.08. The Morgan fingerprint density at radius 2 is 2.15 bits per heavy atom. The van der Waals surface area contributed by atoms with Gasteiger partial charge in [0.1, 0.15) is 11.9 Å². The second-order valence-electron chi connectivity index (χ2n) is 5.69. The zero-order chi connectivity index (χ0) is 14.7. The molecule has 112 valence electrons. The maximum atomic E-state index is 12.2. The topological polar surface area (TPSA) is 61.6 Å². The van der Waals surface area contributed by atoms with Crippen LogP contribution >= 0.6 is 0 Å². The van der Waals surface area contributed by atoms with Gasteiger partial charge in [-0.15, -0.1) is 0 Å². The number of carbonyl (C=O) groups excluding carboxylic acids is 1. The van der Waals surface area contributed by atoms with Crippen LogP contribution in [-0.4, -0.2) is 63.6 Å². The summed E-state index contributed by atoms with van der Waals surface area (Å²) in [6.45, 7) is 1.55. The normalized spacial score (nSPS) is 18.6. The van der Waals surface area contributed by atoms with Crippen molar-refractivity contribution < 1.29 is 9.90 Å². The van der Waals surface area contributed by atoms with Gasteiger partial charge in [0, 0.05) is 38.6 Å². The van der Waals surface area contributed by atoms with E-state index < -0.39 is 6.10 Å². The van der Waals surface area contributed by atoms with Gasteiger partial charge in [0.25, 0.3) is 0 Å². The fraction of sp³-hybridized carbons (Fsp3) is 0.714. The molecule has 2 rings (SSSR count). The molecule has 2 heterocycles. The molecule has 0 radical (unpaired) electrons. The Balaban J connectivity index is 1.85. The Morgan fingerprint density at radius 3 is 2.65 bits per heavy atom. The fourth-order valence-electron chi connectivity index (χ4n) is 2.72. The van der Waals surface area contributed by atoms with E-state index in [1.807, 2.05) is 11.9 Å². The molecule has 0 unspecified atom stereocenters. The van der Waals surface area contributed by atoms with Gasteiger partial charge in [-0.2, -0.15) is 0 Å². The summed E-state index contributed by atoms with van der Waals surface area (Å²) in [5, 5.41) is 10.1. The number of aryl methyl sites for hydroxylation is 1. The van der Waals surface area contributed by atoms with E-state index in [4.69, 9.17) is 0 Å². The van der Waals surface area contributed by atoms with E-state index >= 15 is 0 Å². The van der Waals surface area contributed by atoms with Gasteiger partial charge in [-0.3, -0.25) is 4.79 Å². The Hall–Kier alpha value is -1.40. The molecule has 0 bridgehead atoms. The average Bonchev–Trinajstić information content (AvgIpc) is 2.85. The van der Waals surface area contributed by atoms with Crippen LogP contribution in [0.25, 0.3) is 0 Å². The molecule has 1 amide bonds. The summed E-state index contributed by atoms with van der Waals surface area (Å²) < 4.78 is 1.75. The number of aliphatic hydroxyl groups is 1. The molecular weight excluding hydrogens is 256 g/mol. The van der Waals surface area contributed by atoms with E-state index in [9.17, 15) is 9.90 Å². The molecule has 1 aliphatic rings. The smallest absolute Gasteiger partial charge is 0.225 e. The first-order valence-electron chi connectivity index (χ1n) is 7.08. The summed E-state index contributed by atoms with van der Waals surface area (Å²) in [6, 6.07) is 0.554. The predicted molar refractivity (Wildman–Crippen MR) is 76.1 cm³/mol. The largest absolute Gasteiger partial charge is 0.385 e. The van der Waals surface area contributed by atoms with Crippen molar-refractivity contribution in [3.8, 4) is 0 Å². The third kappa shape index (κ3) is 3.37. The maximum absolute atomic E-state index is 12.2. The minimum absolute atomic E-state index is 0.0118. The molecule has 6 nitrogen and oxygen atoms in total. The number of likely N-dealkylation sites (tertiary alicyclic amines) is 1.